The van der Waals surface area contributed by atoms with E-state index in [0.29, 0.717) is 17.5 Å². The number of para-hydroxylation sites is 2. The van der Waals surface area contributed by atoms with Crippen molar-refractivity contribution in [1.29, 1.82) is 0 Å². The van der Waals surface area contributed by atoms with Crippen molar-refractivity contribution in [2.45, 2.75) is 19.4 Å². The maximum atomic E-state index is 11.7. The molecule has 106 valence electrons. The van der Waals surface area contributed by atoms with E-state index in [2.05, 4.69) is 10.3 Å². The van der Waals surface area contributed by atoms with Crippen LogP contribution in [0.1, 0.15) is 12.8 Å². The van der Waals surface area contributed by atoms with E-state index in [1.807, 2.05) is 0 Å². The number of nitrogens with one attached hydrogen (secondary N) is 2. The summed E-state index contributed by atoms with van der Waals surface area (Å²) in [5, 5.41) is 11.1. The maximum absolute atomic E-state index is 11.7. The van der Waals surface area contributed by atoms with Gasteiger partial charge in [0.2, 0.25) is 5.91 Å². The molecule has 0 fully saturated rings. The Hall–Kier alpha value is -2.57. The maximum Gasteiger partial charge on any atom is 0.326 e. The van der Waals surface area contributed by atoms with Crippen molar-refractivity contribution in [2.24, 2.45) is 0 Å². The van der Waals surface area contributed by atoms with Crippen LogP contribution in [0.2, 0.25) is 0 Å². The first-order valence-electron chi connectivity index (χ1n) is 6.24. The Morgan fingerprint density at radius 1 is 1.30 bits per heavy atom. The number of benzene rings is 1. The molecule has 20 heavy (non-hydrogen) atoms. The Morgan fingerprint density at radius 2 is 2.05 bits per heavy atom. The number of aliphatic carboxylic acids is 1. The summed E-state index contributed by atoms with van der Waals surface area (Å²) in [6, 6.07) is 7.11. The molecule has 7 nitrogen and oxygen atoms in total. The largest absolute Gasteiger partial charge is 0.481 e. The number of carbonyl (C=O) groups excluding carboxylic acids is 1. The second kappa shape index (κ2) is 6.05. The van der Waals surface area contributed by atoms with Crippen molar-refractivity contribution in [1.82, 2.24) is 14.9 Å². The van der Waals surface area contributed by atoms with E-state index in [9.17, 15) is 14.4 Å². The third-order valence-corrected chi connectivity index (χ3v) is 2.87. The molecule has 1 aromatic carbocycles. The standard InChI is InChI=1S/C13H15N3O4/c17-11(14-7-3-6-12(18)19)8-16-10-5-2-1-4-9(10)15-13(16)20/h1-2,4-5H,3,6-8H2,(H,14,17)(H,15,20)(H,18,19). The van der Waals surface area contributed by atoms with Gasteiger partial charge in [-0.15, -0.1) is 0 Å². The molecule has 0 spiro atoms. The van der Waals surface area contributed by atoms with Gasteiger partial charge in [-0.25, -0.2) is 4.79 Å². The first kappa shape index (κ1) is 13.9. The van der Waals surface area contributed by atoms with Crippen molar-refractivity contribution < 1.29 is 14.7 Å². The van der Waals surface area contributed by atoms with Gasteiger partial charge in [-0.3, -0.25) is 14.2 Å². The molecule has 0 saturated carbocycles. The van der Waals surface area contributed by atoms with Crippen molar-refractivity contribution >= 4 is 22.9 Å². The first-order valence-corrected chi connectivity index (χ1v) is 6.24. The number of carbonyl (C=O) groups is 2. The number of carboxylic acids is 1. The minimum absolute atomic E-state index is 0.00726. The number of aromatic amines is 1. The van der Waals surface area contributed by atoms with Crippen LogP contribution < -0.4 is 11.0 Å². The average Bonchev–Trinajstić information content (AvgIpc) is 2.71. The first-order chi connectivity index (χ1) is 9.58. The molecule has 1 amide bonds. The second-order valence-electron chi connectivity index (χ2n) is 4.38. The minimum Gasteiger partial charge on any atom is -0.481 e. The number of carboxylic acid groups (broad SMARTS) is 1. The zero-order valence-corrected chi connectivity index (χ0v) is 10.8. The van der Waals surface area contributed by atoms with E-state index in [1.54, 1.807) is 24.3 Å². The average molecular weight is 277 g/mol. The Labute approximate surface area is 114 Å². The fourth-order valence-corrected chi connectivity index (χ4v) is 1.93. The van der Waals surface area contributed by atoms with E-state index in [-0.39, 0.29) is 31.1 Å². The molecule has 0 aliphatic carbocycles. The molecular formula is C13H15N3O4. The summed E-state index contributed by atoms with van der Waals surface area (Å²) in [5.41, 5.74) is 1.00. The lowest BCUT2D eigenvalue weighted by atomic mass is 10.3. The number of imidazole rings is 1. The van der Waals surface area contributed by atoms with E-state index in [0.717, 1.165) is 0 Å². The fraction of sp³-hybridized carbons (Fsp3) is 0.308. The Balaban J connectivity index is 1.98. The number of hydrogen-bond donors (Lipinski definition) is 3. The van der Waals surface area contributed by atoms with Crippen LogP contribution in [0.5, 0.6) is 0 Å². The molecule has 0 saturated heterocycles. The van der Waals surface area contributed by atoms with Gasteiger partial charge in [0.15, 0.2) is 0 Å². The number of nitrogens with zero attached hydrogens (tertiary/aromatic N) is 1. The van der Waals surface area contributed by atoms with Crippen molar-refractivity contribution in [3.63, 3.8) is 0 Å². The molecule has 0 unspecified atom stereocenters. The third kappa shape index (κ3) is 3.25. The molecule has 1 heterocycles. The summed E-state index contributed by atoms with van der Waals surface area (Å²) in [4.78, 5) is 36.5. The van der Waals surface area contributed by atoms with E-state index in [1.165, 1.54) is 4.57 Å². The predicted octanol–water partition coefficient (Wildman–Crippen LogP) is 0.311. The molecule has 7 heteroatoms. The molecule has 0 atom stereocenters. The lowest BCUT2D eigenvalue weighted by Gasteiger charge is -2.05. The fourth-order valence-electron chi connectivity index (χ4n) is 1.93. The van der Waals surface area contributed by atoms with Crippen LogP contribution in [0.15, 0.2) is 29.1 Å². The van der Waals surface area contributed by atoms with Crippen LogP contribution in [0.4, 0.5) is 0 Å². The Bertz CT molecular complexity index is 686. The topological polar surface area (TPSA) is 104 Å². The van der Waals surface area contributed by atoms with Crippen LogP contribution in [-0.2, 0) is 16.1 Å². The minimum atomic E-state index is -0.896. The molecular weight excluding hydrogens is 262 g/mol. The van der Waals surface area contributed by atoms with Gasteiger partial charge < -0.3 is 15.4 Å². The molecule has 2 rings (SSSR count). The SMILES string of the molecule is O=C(O)CCCNC(=O)Cn1c(=O)[nH]c2ccccc21. The van der Waals surface area contributed by atoms with E-state index in [4.69, 9.17) is 5.11 Å². The Kier molecular flexibility index (Phi) is 4.19. The lowest BCUT2D eigenvalue weighted by molar-refractivity contribution is -0.137. The van der Waals surface area contributed by atoms with E-state index >= 15 is 0 Å². The van der Waals surface area contributed by atoms with Crippen LogP contribution in [0.3, 0.4) is 0 Å². The van der Waals surface area contributed by atoms with Crippen molar-refractivity contribution in [3.05, 3.63) is 34.7 Å². The van der Waals surface area contributed by atoms with Crippen LogP contribution >= 0.6 is 0 Å². The molecule has 0 radical (unpaired) electrons. The number of fused-ring (bicyclic) bond motifs is 1. The van der Waals surface area contributed by atoms with Gasteiger partial charge in [-0.1, -0.05) is 12.1 Å². The summed E-state index contributed by atoms with van der Waals surface area (Å²) >= 11 is 0. The molecule has 0 aliphatic heterocycles. The third-order valence-electron chi connectivity index (χ3n) is 2.87. The molecule has 2 aromatic rings. The van der Waals surface area contributed by atoms with Crippen LogP contribution in [-0.4, -0.2) is 33.1 Å². The second-order valence-corrected chi connectivity index (χ2v) is 4.38. The number of rotatable bonds is 6. The van der Waals surface area contributed by atoms with Gasteiger partial charge in [-0.2, -0.15) is 0 Å². The predicted molar refractivity (Wildman–Crippen MR) is 72.4 cm³/mol. The highest BCUT2D eigenvalue weighted by Crippen LogP contribution is 2.08. The number of H-pyrrole nitrogens is 1. The van der Waals surface area contributed by atoms with Gasteiger partial charge in [0.1, 0.15) is 6.54 Å². The van der Waals surface area contributed by atoms with Crippen LogP contribution in [0, 0.1) is 0 Å². The van der Waals surface area contributed by atoms with Gasteiger partial charge in [0.25, 0.3) is 0 Å². The van der Waals surface area contributed by atoms with Crippen LogP contribution in [0.25, 0.3) is 11.0 Å². The summed E-state index contributed by atoms with van der Waals surface area (Å²) in [6.07, 6.45) is 0.372. The monoisotopic (exact) mass is 277 g/mol. The Morgan fingerprint density at radius 3 is 2.80 bits per heavy atom. The molecule has 1 aromatic heterocycles. The number of amides is 1. The van der Waals surface area contributed by atoms with Crippen molar-refractivity contribution in [2.75, 3.05) is 6.54 Å². The highest BCUT2D eigenvalue weighted by Gasteiger charge is 2.09. The highest BCUT2D eigenvalue weighted by atomic mass is 16.4. The summed E-state index contributed by atoms with van der Waals surface area (Å²) in [5.74, 6) is -1.21. The zero-order chi connectivity index (χ0) is 14.5. The van der Waals surface area contributed by atoms with E-state index < -0.39 is 5.97 Å². The quantitative estimate of drug-likeness (QED) is 0.661. The summed E-state index contributed by atoms with van der Waals surface area (Å²) < 4.78 is 1.35. The number of aromatic nitrogens is 2. The number of hydrogen-bond acceptors (Lipinski definition) is 3. The lowest BCUT2D eigenvalue weighted by Crippen LogP contribution is -2.32. The molecule has 0 aliphatic rings. The summed E-state index contributed by atoms with van der Waals surface area (Å²) in [7, 11) is 0. The zero-order valence-electron chi connectivity index (χ0n) is 10.8. The van der Waals surface area contributed by atoms with Gasteiger partial charge in [-0.05, 0) is 18.6 Å². The van der Waals surface area contributed by atoms with Gasteiger partial charge in [0.05, 0.1) is 11.0 Å². The summed E-state index contributed by atoms with van der Waals surface area (Å²) in [6.45, 7) is 0.193. The molecule has 3 N–H and O–H groups in total. The smallest absolute Gasteiger partial charge is 0.326 e. The van der Waals surface area contributed by atoms with Gasteiger partial charge in [0, 0.05) is 13.0 Å². The van der Waals surface area contributed by atoms with Gasteiger partial charge >= 0.3 is 11.7 Å². The van der Waals surface area contributed by atoms with Crippen molar-refractivity contribution in [3.8, 4) is 0 Å². The molecule has 0 bridgehead atoms. The normalized spacial score (nSPS) is 10.6. The highest BCUT2D eigenvalue weighted by molar-refractivity contribution is 5.80.